The van der Waals surface area contributed by atoms with Crippen molar-refractivity contribution < 1.29 is 18.6 Å². The molecule has 0 fully saturated rings. The highest BCUT2D eigenvalue weighted by Gasteiger charge is 2.16. The first-order valence-corrected chi connectivity index (χ1v) is 4.09. The minimum atomic E-state index is 0. The molecule has 0 bridgehead atoms. The molecule has 0 unspecified atom stereocenters. The van der Waals surface area contributed by atoms with E-state index in [9.17, 15) is 0 Å². The summed E-state index contributed by atoms with van der Waals surface area (Å²) >= 11 is 0. The number of hydrogen-bond acceptors (Lipinski definition) is 0. The molecule has 12 heavy (non-hydrogen) atoms. The van der Waals surface area contributed by atoms with Crippen LogP contribution in [0.25, 0.3) is 0 Å². The van der Waals surface area contributed by atoms with Gasteiger partial charge in [0.05, 0.1) is 26.2 Å². The first kappa shape index (κ1) is 22.6. The molecular formula is C8H23F3N+. The molecule has 0 radical (unpaired) electrons. The van der Waals surface area contributed by atoms with Gasteiger partial charge in [0.2, 0.25) is 0 Å². The molecule has 4 heteroatoms. The van der Waals surface area contributed by atoms with Crippen LogP contribution in [0.1, 0.15) is 27.7 Å². The van der Waals surface area contributed by atoms with E-state index in [4.69, 9.17) is 0 Å². The van der Waals surface area contributed by atoms with Crippen molar-refractivity contribution in [2.75, 3.05) is 26.2 Å². The number of quaternary nitrogens is 1. The molecule has 0 aromatic rings. The molecule has 0 spiro atoms. The number of nitrogens with zero attached hydrogens (tertiary/aromatic N) is 1. The Morgan fingerprint density at radius 2 is 0.750 bits per heavy atom. The van der Waals surface area contributed by atoms with Gasteiger partial charge < -0.3 is 4.48 Å². The van der Waals surface area contributed by atoms with Crippen LogP contribution in [0.4, 0.5) is 14.1 Å². The quantitative estimate of drug-likeness (QED) is 0.597. The molecule has 0 saturated carbocycles. The molecule has 0 atom stereocenters. The van der Waals surface area contributed by atoms with Gasteiger partial charge in [-0.25, -0.2) is 0 Å². The van der Waals surface area contributed by atoms with Crippen molar-refractivity contribution >= 4 is 0 Å². The molecule has 0 saturated heterocycles. The third kappa shape index (κ3) is 5.41. The van der Waals surface area contributed by atoms with Crippen molar-refractivity contribution in [3.8, 4) is 0 Å². The van der Waals surface area contributed by atoms with Gasteiger partial charge in [0, 0.05) is 0 Å². The van der Waals surface area contributed by atoms with Gasteiger partial charge in [0.15, 0.2) is 0 Å². The SMILES string of the molecule is CC[N+](CC)(CC)CC.F.F.F. The highest BCUT2D eigenvalue weighted by atomic mass is 19.0. The Morgan fingerprint density at radius 1 is 0.583 bits per heavy atom. The summed E-state index contributed by atoms with van der Waals surface area (Å²) in [5.41, 5.74) is 0. The number of hydrogen-bond donors (Lipinski definition) is 0. The van der Waals surface area contributed by atoms with Gasteiger partial charge in [-0.05, 0) is 27.7 Å². The van der Waals surface area contributed by atoms with Gasteiger partial charge in [-0.3, -0.25) is 14.1 Å². The van der Waals surface area contributed by atoms with Gasteiger partial charge in [-0.2, -0.15) is 0 Å². The molecule has 0 aromatic heterocycles. The smallest absolute Gasteiger partial charge is 0.0757 e. The van der Waals surface area contributed by atoms with Crippen LogP contribution in [-0.4, -0.2) is 30.7 Å². The first-order chi connectivity index (χ1) is 4.24. The first-order valence-electron chi connectivity index (χ1n) is 4.09. The zero-order valence-electron chi connectivity index (χ0n) is 8.50. The average Bonchev–Trinajstić information content (AvgIpc) is 1.95. The molecule has 0 N–H and O–H groups in total. The van der Waals surface area contributed by atoms with E-state index in [2.05, 4.69) is 27.7 Å². The minimum Gasteiger partial charge on any atom is -0.325 e. The number of halogens is 3. The zero-order valence-corrected chi connectivity index (χ0v) is 8.50. The Hall–Kier alpha value is -0.250. The molecule has 1 nitrogen and oxygen atoms in total. The fourth-order valence-corrected chi connectivity index (χ4v) is 1.34. The summed E-state index contributed by atoms with van der Waals surface area (Å²) in [5, 5.41) is 0. The Labute approximate surface area is 73.4 Å². The van der Waals surface area contributed by atoms with Crippen LogP contribution in [0.5, 0.6) is 0 Å². The second-order valence-corrected chi connectivity index (χ2v) is 2.61. The lowest BCUT2D eigenvalue weighted by Crippen LogP contribution is -2.47. The van der Waals surface area contributed by atoms with Crippen molar-refractivity contribution in [1.82, 2.24) is 0 Å². The molecule has 0 amide bonds. The van der Waals surface area contributed by atoms with E-state index in [1.807, 2.05) is 0 Å². The minimum absolute atomic E-state index is 0. The van der Waals surface area contributed by atoms with Crippen molar-refractivity contribution in [2.24, 2.45) is 0 Å². The van der Waals surface area contributed by atoms with E-state index in [1.165, 1.54) is 30.7 Å². The van der Waals surface area contributed by atoms with Crippen LogP contribution in [-0.2, 0) is 0 Å². The summed E-state index contributed by atoms with van der Waals surface area (Å²) in [6.07, 6.45) is 0. The molecule has 0 rings (SSSR count). The summed E-state index contributed by atoms with van der Waals surface area (Å²) in [5.74, 6) is 0. The Balaban J connectivity index is -0.000000107. The van der Waals surface area contributed by atoms with Crippen molar-refractivity contribution in [2.45, 2.75) is 27.7 Å². The fourth-order valence-electron chi connectivity index (χ4n) is 1.34. The highest BCUT2D eigenvalue weighted by molar-refractivity contribution is 4.31. The monoisotopic (exact) mass is 190 g/mol. The van der Waals surface area contributed by atoms with Crippen LogP contribution >= 0.6 is 0 Å². The molecular weight excluding hydrogens is 167 g/mol. The van der Waals surface area contributed by atoms with Gasteiger partial charge in [-0.1, -0.05) is 0 Å². The van der Waals surface area contributed by atoms with Crippen LogP contribution in [0, 0.1) is 0 Å². The van der Waals surface area contributed by atoms with E-state index in [1.54, 1.807) is 0 Å². The predicted molar refractivity (Wildman–Crippen MR) is 49.9 cm³/mol. The molecule has 80 valence electrons. The summed E-state index contributed by atoms with van der Waals surface area (Å²) < 4.78 is 1.28. The van der Waals surface area contributed by atoms with Gasteiger partial charge in [-0.15, -0.1) is 0 Å². The summed E-state index contributed by atoms with van der Waals surface area (Å²) in [4.78, 5) is 0. The van der Waals surface area contributed by atoms with Gasteiger partial charge >= 0.3 is 0 Å². The number of rotatable bonds is 4. The lowest BCUT2D eigenvalue weighted by molar-refractivity contribution is -0.921. The maximum Gasteiger partial charge on any atom is 0.0757 e. The average molecular weight is 190 g/mol. The van der Waals surface area contributed by atoms with Gasteiger partial charge in [0.1, 0.15) is 0 Å². The molecule has 0 aliphatic carbocycles. The topological polar surface area (TPSA) is 0 Å². The highest BCUT2D eigenvalue weighted by Crippen LogP contribution is 2.03. The third-order valence-corrected chi connectivity index (χ3v) is 2.68. The third-order valence-electron chi connectivity index (χ3n) is 2.68. The van der Waals surface area contributed by atoms with E-state index < -0.39 is 0 Å². The van der Waals surface area contributed by atoms with E-state index in [0.29, 0.717) is 0 Å². The lowest BCUT2D eigenvalue weighted by atomic mass is 10.3. The maximum atomic E-state index is 2.27. The predicted octanol–water partition coefficient (Wildman–Crippen LogP) is 2.34. The summed E-state index contributed by atoms with van der Waals surface area (Å²) in [6, 6.07) is 0. The molecule has 0 aromatic carbocycles. The summed E-state index contributed by atoms with van der Waals surface area (Å²) in [7, 11) is 0. The Kier molecular flexibility index (Phi) is 20.3. The second-order valence-electron chi connectivity index (χ2n) is 2.61. The second kappa shape index (κ2) is 10.8. The van der Waals surface area contributed by atoms with Crippen LogP contribution in [0.15, 0.2) is 0 Å². The zero-order chi connectivity index (χ0) is 7.33. The Bertz CT molecular complexity index is 57.2. The van der Waals surface area contributed by atoms with Crippen molar-refractivity contribution in [3.05, 3.63) is 0 Å². The largest absolute Gasteiger partial charge is 0.325 e. The molecule has 0 aliphatic heterocycles. The van der Waals surface area contributed by atoms with E-state index in [0.717, 1.165) is 0 Å². The van der Waals surface area contributed by atoms with Crippen molar-refractivity contribution in [1.29, 1.82) is 0 Å². The molecule has 0 heterocycles. The summed E-state index contributed by atoms with van der Waals surface area (Å²) in [6.45, 7) is 14.2. The van der Waals surface area contributed by atoms with E-state index >= 15 is 0 Å². The van der Waals surface area contributed by atoms with Crippen molar-refractivity contribution in [3.63, 3.8) is 0 Å². The van der Waals surface area contributed by atoms with Crippen LogP contribution < -0.4 is 0 Å². The fraction of sp³-hybridized carbons (Fsp3) is 1.00. The maximum absolute atomic E-state index is 2.27. The Morgan fingerprint density at radius 3 is 0.750 bits per heavy atom. The van der Waals surface area contributed by atoms with Crippen LogP contribution in [0.3, 0.4) is 0 Å². The van der Waals surface area contributed by atoms with Crippen LogP contribution in [0.2, 0.25) is 0 Å². The lowest BCUT2D eigenvalue weighted by Gasteiger charge is -2.34. The van der Waals surface area contributed by atoms with E-state index in [-0.39, 0.29) is 14.1 Å². The standard InChI is InChI=1S/C8H20N.3FH/c1-5-9(6-2,7-3)8-4;;;/h5-8H2,1-4H3;3*1H/q+1;;;. The normalized spacial score (nSPS) is 9.00. The van der Waals surface area contributed by atoms with Gasteiger partial charge in [0.25, 0.3) is 0 Å². The molecule has 0 aliphatic rings.